The molecule has 5 nitrogen and oxygen atoms in total. The van der Waals surface area contributed by atoms with Crippen LogP contribution < -0.4 is 11.1 Å². The summed E-state index contributed by atoms with van der Waals surface area (Å²) in [5.41, 5.74) is 7.33. The summed E-state index contributed by atoms with van der Waals surface area (Å²) in [6.45, 7) is 3.58. The summed E-state index contributed by atoms with van der Waals surface area (Å²) >= 11 is 0. The number of carbonyl (C=O) groups is 1. The molecule has 0 spiro atoms. The van der Waals surface area contributed by atoms with Crippen LogP contribution in [0.5, 0.6) is 0 Å². The van der Waals surface area contributed by atoms with E-state index in [2.05, 4.69) is 10.4 Å². The van der Waals surface area contributed by atoms with E-state index in [9.17, 15) is 9.18 Å². The minimum Gasteiger partial charge on any atom is -0.396 e. The molecule has 106 valence electrons. The first-order valence-corrected chi connectivity index (χ1v) is 6.29. The number of nitrogen functional groups attached to an aromatic ring is 1. The molecule has 1 aromatic heterocycles. The molecule has 1 atom stereocenters. The van der Waals surface area contributed by atoms with E-state index in [1.807, 2.05) is 0 Å². The third-order valence-corrected chi connectivity index (χ3v) is 3.03. The molecule has 0 aliphatic heterocycles. The van der Waals surface area contributed by atoms with Gasteiger partial charge >= 0.3 is 0 Å². The maximum absolute atomic E-state index is 13.5. The Morgan fingerprint density at radius 3 is 2.90 bits per heavy atom. The van der Waals surface area contributed by atoms with E-state index in [1.165, 1.54) is 16.9 Å². The lowest BCUT2D eigenvalue weighted by atomic mass is 10.1. The van der Waals surface area contributed by atoms with Gasteiger partial charge in [0.1, 0.15) is 12.4 Å². The number of nitrogens with one attached hydrogen (secondary N) is 1. The lowest BCUT2D eigenvalue weighted by Crippen LogP contribution is -2.30. The van der Waals surface area contributed by atoms with Gasteiger partial charge in [-0.2, -0.15) is 5.10 Å². The number of benzene rings is 1. The second kappa shape index (κ2) is 5.73. The average molecular weight is 276 g/mol. The van der Waals surface area contributed by atoms with Gasteiger partial charge < -0.3 is 11.1 Å². The number of halogens is 1. The fourth-order valence-corrected chi connectivity index (χ4v) is 1.86. The van der Waals surface area contributed by atoms with Gasteiger partial charge in [0.05, 0.1) is 17.9 Å². The molecule has 0 aliphatic rings. The average Bonchev–Trinajstić information content (AvgIpc) is 2.77. The molecule has 0 fully saturated rings. The number of rotatable bonds is 4. The smallest absolute Gasteiger partial charge is 0.242 e. The molecular weight excluding hydrogens is 259 g/mol. The minimum atomic E-state index is -0.275. The van der Waals surface area contributed by atoms with Crippen LogP contribution in [-0.2, 0) is 11.3 Å². The van der Waals surface area contributed by atoms with E-state index in [-0.39, 0.29) is 24.3 Å². The van der Waals surface area contributed by atoms with E-state index in [4.69, 9.17) is 5.73 Å². The summed E-state index contributed by atoms with van der Waals surface area (Å²) in [6, 6.07) is 4.66. The van der Waals surface area contributed by atoms with Crippen molar-refractivity contribution in [2.24, 2.45) is 0 Å². The van der Waals surface area contributed by atoms with Gasteiger partial charge in [-0.15, -0.1) is 0 Å². The zero-order chi connectivity index (χ0) is 14.7. The van der Waals surface area contributed by atoms with Crippen molar-refractivity contribution in [2.75, 3.05) is 5.73 Å². The van der Waals surface area contributed by atoms with Crippen molar-refractivity contribution in [1.82, 2.24) is 15.1 Å². The predicted molar refractivity (Wildman–Crippen MR) is 74.3 cm³/mol. The molecule has 20 heavy (non-hydrogen) atoms. The van der Waals surface area contributed by atoms with Crippen molar-refractivity contribution in [1.29, 1.82) is 0 Å². The van der Waals surface area contributed by atoms with Crippen molar-refractivity contribution >= 4 is 11.6 Å². The lowest BCUT2D eigenvalue weighted by Gasteiger charge is -2.15. The Hall–Kier alpha value is -2.37. The summed E-state index contributed by atoms with van der Waals surface area (Å²) in [5, 5.41) is 6.73. The van der Waals surface area contributed by atoms with Crippen LogP contribution >= 0.6 is 0 Å². The molecule has 0 aliphatic carbocycles. The Balaban J connectivity index is 1.98. The van der Waals surface area contributed by atoms with Crippen LogP contribution in [0.2, 0.25) is 0 Å². The quantitative estimate of drug-likeness (QED) is 0.894. The normalized spacial score (nSPS) is 12.2. The van der Waals surface area contributed by atoms with Crippen molar-refractivity contribution in [3.05, 3.63) is 47.5 Å². The highest BCUT2D eigenvalue weighted by Gasteiger charge is 2.11. The Bertz CT molecular complexity index is 623. The summed E-state index contributed by atoms with van der Waals surface area (Å²) in [6.07, 6.45) is 3.06. The van der Waals surface area contributed by atoms with Gasteiger partial charge in [-0.25, -0.2) is 4.39 Å². The topological polar surface area (TPSA) is 72.9 Å². The molecule has 0 saturated heterocycles. The van der Waals surface area contributed by atoms with Crippen LogP contribution in [-0.4, -0.2) is 15.7 Å². The Kier molecular flexibility index (Phi) is 4.02. The van der Waals surface area contributed by atoms with Gasteiger partial charge in [0.2, 0.25) is 5.91 Å². The van der Waals surface area contributed by atoms with Gasteiger partial charge in [-0.3, -0.25) is 9.48 Å². The number of anilines is 1. The van der Waals surface area contributed by atoms with E-state index < -0.39 is 0 Å². The first-order chi connectivity index (χ1) is 9.45. The molecule has 0 bridgehead atoms. The van der Waals surface area contributed by atoms with Crippen molar-refractivity contribution in [3.8, 4) is 0 Å². The molecule has 1 heterocycles. The molecule has 3 N–H and O–H groups in total. The third-order valence-electron chi connectivity index (χ3n) is 3.03. The Labute approximate surface area is 116 Å². The number of nitrogens with zero attached hydrogens (tertiary/aromatic N) is 2. The molecule has 0 saturated carbocycles. The second-order valence-corrected chi connectivity index (χ2v) is 4.77. The Morgan fingerprint density at radius 1 is 1.55 bits per heavy atom. The second-order valence-electron chi connectivity index (χ2n) is 4.77. The van der Waals surface area contributed by atoms with Crippen LogP contribution in [0.4, 0.5) is 10.1 Å². The SMILES string of the molecule is Cc1ccc(C(C)NC(=O)Cn2cc(N)cn2)cc1F. The first-order valence-electron chi connectivity index (χ1n) is 6.29. The monoisotopic (exact) mass is 276 g/mol. The number of aryl methyl sites for hydroxylation is 1. The fraction of sp³-hybridized carbons (Fsp3) is 0.286. The molecular formula is C14H17FN4O. The van der Waals surface area contributed by atoms with Crippen LogP contribution in [0.3, 0.4) is 0 Å². The number of aromatic nitrogens is 2. The predicted octanol–water partition coefficient (Wildman–Crippen LogP) is 1.79. The van der Waals surface area contributed by atoms with Crippen molar-refractivity contribution in [3.63, 3.8) is 0 Å². The van der Waals surface area contributed by atoms with E-state index in [0.717, 1.165) is 5.56 Å². The van der Waals surface area contributed by atoms with Crippen LogP contribution in [0.25, 0.3) is 0 Å². The highest BCUT2D eigenvalue weighted by Crippen LogP contribution is 2.16. The highest BCUT2D eigenvalue weighted by atomic mass is 19.1. The molecule has 1 unspecified atom stereocenters. The first kappa shape index (κ1) is 14.0. The van der Waals surface area contributed by atoms with E-state index >= 15 is 0 Å². The standard InChI is InChI=1S/C14H17FN4O/c1-9-3-4-11(5-13(9)15)10(2)18-14(20)8-19-7-12(16)6-17-19/h3-7,10H,8,16H2,1-2H3,(H,18,20). The summed E-state index contributed by atoms with van der Waals surface area (Å²) in [5.74, 6) is -0.481. The van der Waals surface area contributed by atoms with Gasteiger partial charge in [0.15, 0.2) is 0 Å². The van der Waals surface area contributed by atoms with Gasteiger partial charge in [-0.05, 0) is 31.0 Å². The summed E-state index contributed by atoms with van der Waals surface area (Å²) in [7, 11) is 0. The van der Waals surface area contributed by atoms with Crippen LogP contribution in [0, 0.1) is 12.7 Å². The van der Waals surface area contributed by atoms with Gasteiger partial charge in [-0.1, -0.05) is 12.1 Å². The number of nitrogens with two attached hydrogens (primary N) is 1. The maximum atomic E-state index is 13.5. The lowest BCUT2D eigenvalue weighted by molar-refractivity contribution is -0.122. The summed E-state index contributed by atoms with van der Waals surface area (Å²) in [4.78, 5) is 11.9. The largest absolute Gasteiger partial charge is 0.396 e. The molecule has 1 amide bonds. The zero-order valence-electron chi connectivity index (χ0n) is 11.4. The number of carbonyl (C=O) groups excluding carboxylic acids is 1. The van der Waals surface area contributed by atoms with Gasteiger partial charge in [0, 0.05) is 6.20 Å². The summed E-state index contributed by atoms with van der Waals surface area (Å²) < 4.78 is 14.9. The molecule has 6 heteroatoms. The van der Waals surface area contributed by atoms with Crippen LogP contribution in [0.1, 0.15) is 24.1 Å². The van der Waals surface area contributed by atoms with Gasteiger partial charge in [0.25, 0.3) is 0 Å². The number of amides is 1. The molecule has 2 rings (SSSR count). The van der Waals surface area contributed by atoms with E-state index in [1.54, 1.807) is 32.2 Å². The maximum Gasteiger partial charge on any atom is 0.242 e. The molecule has 2 aromatic rings. The van der Waals surface area contributed by atoms with Crippen molar-refractivity contribution < 1.29 is 9.18 Å². The van der Waals surface area contributed by atoms with E-state index in [0.29, 0.717) is 11.3 Å². The van der Waals surface area contributed by atoms with Crippen LogP contribution in [0.15, 0.2) is 30.6 Å². The zero-order valence-corrected chi connectivity index (χ0v) is 11.4. The molecule has 0 radical (unpaired) electrons. The number of hydrogen-bond acceptors (Lipinski definition) is 3. The molecule has 1 aromatic carbocycles. The number of hydrogen-bond donors (Lipinski definition) is 2. The fourth-order valence-electron chi connectivity index (χ4n) is 1.86. The third kappa shape index (κ3) is 3.34. The van der Waals surface area contributed by atoms with Crippen molar-refractivity contribution in [2.45, 2.75) is 26.4 Å². The highest BCUT2D eigenvalue weighted by molar-refractivity contribution is 5.76. The Morgan fingerprint density at radius 2 is 2.30 bits per heavy atom. The minimum absolute atomic E-state index is 0.0792.